The Labute approximate surface area is 122 Å². The Kier molecular flexibility index (Phi) is 4.39. The zero-order valence-corrected chi connectivity index (χ0v) is 13.2. The van der Waals surface area contributed by atoms with Crippen molar-refractivity contribution in [2.45, 2.75) is 39.0 Å². The Hall–Kier alpha value is -1.07. The molecule has 0 radical (unpaired) electrons. The first kappa shape index (κ1) is 15.3. The molecule has 0 spiro atoms. The van der Waals surface area contributed by atoms with E-state index < -0.39 is 10.0 Å². The number of benzene rings is 1. The fourth-order valence-electron chi connectivity index (χ4n) is 2.98. The van der Waals surface area contributed by atoms with Gasteiger partial charge < -0.3 is 5.73 Å². The summed E-state index contributed by atoms with van der Waals surface area (Å²) in [6.45, 7) is 6.85. The molecule has 1 heterocycles. The van der Waals surface area contributed by atoms with Gasteiger partial charge in [-0.05, 0) is 36.8 Å². The van der Waals surface area contributed by atoms with Crippen molar-refractivity contribution in [3.05, 3.63) is 29.8 Å². The smallest absolute Gasteiger partial charge is 0.218 e. The highest BCUT2D eigenvalue weighted by atomic mass is 32.2. The normalized spacial score (nSPS) is 28.4. The fraction of sp³-hybridized carbons (Fsp3) is 0.600. The first-order valence-electron chi connectivity index (χ1n) is 7.14. The summed E-state index contributed by atoms with van der Waals surface area (Å²) in [5.74, 6) is 0.787. The molecule has 112 valence electrons. The van der Waals surface area contributed by atoms with E-state index in [2.05, 4.69) is 13.8 Å². The number of para-hydroxylation sites is 1. The monoisotopic (exact) mass is 296 g/mol. The van der Waals surface area contributed by atoms with Crippen LogP contribution in [0.1, 0.15) is 32.8 Å². The molecule has 1 saturated heterocycles. The number of hydrogen-bond donors (Lipinski definition) is 1. The van der Waals surface area contributed by atoms with Crippen LogP contribution in [0.2, 0.25) is 0 Å². The van der Waals surface area contributed by atoms with Crippen molar-refractivity contribution in [2.24, 2.45) is 11.8 Å². The lowest BCUT2D eigenvalue weighted by atomic mass is 9.88. The maximum atomic E-state index is 12.7. The molecule has 3 atom stereocenters. The summed E-state index contributed by atoms with van der Waals surface area (Å²) >= 11 is 0. The number of rotatable bonds is 3. The van der Waals surface area contributed by atoms with Gasteiger partial charge in [-0.15, -0.1) is 0 Å². The Morgan fingerprint density at radius 1 is 1.25 bits per heavy atom. The second kappa shape index (κ2) is 5.74. The number of piperidine rings is 1. The molecule has 1 fully saturated rings. The standard InChI is InChI=1S/C15H24N2O2S/c1-11-8-12(2)13(3)17(9-11)20(18,19)10-14-6-4-5-7-15(14)16/h4-7,11-13H,8-10,16H2,1-3H3. The van der Waals surface area contributed by atoms with Crippen LogP contribution in [0, 0.1) is 11.8 Å². The van der Waals surface area contributed by atoms with Gasteiger partial charge in [0.15, 0.2) is 0 Å². The Morgan fingerprint density at radius 2 is 1.90 bits per heavy atom. The molecule has 20 heavy (non-hydrogen) atoms. The summed E-state index contributed by atoms with van der Waals surface area (Å²) in [7, 11) is -3.32. The molecule has 2 N–H and O–H groups in total. The summed E-state index contributed by atoms with van der Waals surface area (Å²) in [6, 6.07) is 7.23. The van der Waals surface area contributed by atoms with E-state index in [9.17, 15) is 8.42 Å². The number of anilines is 1. The summed E-state index contributed by atoms with van der Waals surface area (Å²) in [6.07, 6.45) is 1.08. The van der Waals surface area contributed by atoms with Crippen molar-refractivity contribution in [1.82, 2.24) is 4.31 Å². The molecule has 1 aliphatic rings. The van der Waals surface area contributed by atoms with E-state index in [-0.39, 0.29) is 11.8 Å². The van der Waals surface area contributed by atoms with E-state index in [0.717, 1.165) is 6.42 Å². The van der Waals surface area contributed by atoms with Gasteiger partial charge in [0.05, 0.1) is 5.75 Å². The zero-order chi connectivity index (χ0) is 14.9. The van der Waals surface area contributed by atoms with E-state index >= 15 is 0 Å². The maximum absolute atomic E-state index is 12.7. The van der Waals surface area contributed by atoms with Crippen LogP contribution >= 0.6 is 0 Å². The van der Waals surface area contributed by atoms with Crippen molar-refractivity contribution in [1.29, 1.82) is 0 Å². The van der Waals surface area contributed by atoms with Gasteiger partial charge in [0.25, 0.3) is 0 Å². The summed E-state index contributed by atoms with van der Waals surface area (Å²) in [4.78, 5) is 0. The summed E-state index contributed by atoms with van der Waals surface area (Å²) < 4.78 is 27.0. The first-order valence-corrected chi connectivity index (χ1v) is 8.75. The van der Waals surface area contributed by atoms with E-state index in [1.165, 1.54) is 0 Å². The highest BCUT2D eigenvalue weighted by Crippen LogP contribution is 2.30. The lowest BCUT2D eigenvalue weighted by molar-refractivity contribution is 0.157. The van der Waals surface area contributed by atoms with Crippen molar-refractivity contribution in [2.75, 3.05) is 12.3 Å². The second-order valence-electron chi connectivity index (χ2n) is 6.08. The molecular weight excluding hydrogens is 272 g/mol. The molecule has 0 aliphatic carbocycles. The number of sulfonamides is 1. The molecule has 2 rings (SSSR count). The Balaban J connectivity index is 2.24. The van der Waals surface area contributed by atoms with Gasteiger partial charge in [-0.25, -0.2) is 8.42 Å². The molecule has 0 bridgehead atoms. The van der Waals surface area contributed by atoms with Crippen LogP contribution in [0.4, 0.5) is 5.69 Å². The minimum Gasteiger partial charge on any atom is -0.398 e. The lowest BCUT2D eigenvalue weighted by Gasteiger charge is -2.40. The fourth-order valence-corrected chi connectivity index (χ4v) is 4.99. The van der Waals surface area contributed by atoms with Crippen LogP contribution in [-0.4, -0.2) is 25.3 Å². The molecule has 0 amide bonds. The van der Waals surface area contributed by atoms with E-state index in [1.54, 1.807) is 16.4 Å². The second-order valence-corrected chi connectivity index (χ2v) is 8.01. The molecule has 4 nitrogen and oxygen atoms in total. The van der Waals surface area contributed by atoms with Gasteiger partial charge in [-0.1, -0.05) is 32.0 Å². The molecular formula is C15H24N2O2S. The van der Waals surface area contributed by atoms with Crippen molar-refractivity contribution >= 4 is 15.7 Å². The third-order valence-corrected chi connectivity index (χ3v) is 6.17. The first-order chi connectivity index (χ1) is 9.31. The van der Waals surface area contributed by atoms with Crippen molar-refractivity contribution in [3.8, 4) is 0 Å². The van der Waals surface area contributed by atoms with Gasteiger partial charge in [-0.2, -0.15) is 4.31 Å². The average molecular weight is 296 g/mol. The highest BCUT2D eigenvalue weighted by Gasteiger charge is 2.36. The van der Waals surface area contributed by atoms with Crippen LogP contribution in [0.15, 0.2) is 24.3 Å². The molecule has 1 aromatic carbocycles. The van der Waals surface area contributed by atoms with Gasteiger partial charge in [-0.3, -0.25) is 0 Å². The number of nitrogens with zero attached hydrogens (tertiary/aromatic N) is 1. The minimum atomic E-state index is -3.32. The largest absolute Gasteiger partial charge is 0.398 e. The van der Waals surface area contributed by atoms with Crippen molar-refractivity contribution < 1.29 is 8.42 Å². The Morgan fingerprint density at radius 3 is 2.55 bits per heavy atom. The molecule has 1 aromatic rings. The predicted octanol–water partition coefficient (Wildman–Crippen LogP) is 2.46. The summed E-state index contributed by atoms with van der Waals surface area (Å²) in [5, 5.41) is 0. The number of nitrogen functional groups attached to an aromatic ring is 1. The topological polar surface area (TPSA) is 63.4 Å². The Bertz CT molecular complexity index is 571. The van der Waals surface area contributed by atoms with Gasteiger partial charge in [0.1, 0.15) is 0 Å². The molecule has 0 aromatic heterocycles. The molecule has 3 unspecified atom stereocenters. The van der Waals surface area contributed by atoms with Gasteiger partial charge in [0, 0.05) is 18.3 Å². The minimum absolute atomic E-state index is 0.0105. The third kappa shape index (κ3) is 3.15. The highest BCUT2D eigenvalue weighted by molar-refractivity contribution is 7.88. The van der Waals surface area contributed by atoms with E-state index in [4.69, 9.17) is 5.73 Å². The number of nitrogens with two attached hydrogens (primary N) is 1. The molecule has 0 saturated carbocycles. The van der Waals surface area contributed by atoms with Crippen LogP contribution in [0.3, 0.4) is 0 Å². The third-order valence-electron chi connectivity index (χ3n) is 4.29. The quantitative estimate of drug-likeness (QED) is 0.872. The number of hydrogen-bond acceptors (Lipinski definition) is 3. The van der Waals surface area contributed by atoms with Gasteiger partial charge >= 0.3 is 0 Å². The lowest BCUT2D eigenvalue weighted by Crippen LogP contribution is -2.49. The summed E-state index contributed by atoms with van der Waals surface area (Å²) in [5.41, 5.74) is 7.09. The van der Waals surface area contributed by atoms with Gasteiger partial charge in [0.2, 0.25) is 10.0 Å². The van der Waals surface area contributed by atoms with E-state index in [0.29, 0.717) is 29.6 Å². The van der Waals surface area contributed by atoms with Crippen LogP contribution in [-0.2, 0) is 15.8 Å². The van der Waals surface area contributed by atoms with E-state index in [1.807, 2.05) is 19.1 Å². The van der Waals surface area contributed by atoms with Crippen molar-refractivity contribution in [3.63, 3.8) is 0 Å². The molecule has 1 aliphatic heterocycles. The predicted molar refractivity (Wildman–Crippen MR) is 82.6 cm³/mol. The SMILES string of the molecule is CC1CC(C)C(C)N(S(=O)(=O)Cc2ccccc2N)C1. The van der Waals surface area contributed by atoms with Crippen LogP contribution < -0.4 is 5.73 Å². The maximum Gasteiger partial charge on any atom is 0.218 e. The molecule has 5 heteroatoms. The van der Waals surface area contributed by atoms with Crippen LogP contribution in [0.5, 0.6) is 0 Å². The zero-order valence-electron chi connectivity index (χ0n) is 12.4. The average Bonchev–Trinajstić information content (AvgIpc) is 2.36. The van der Waals surface area contributed by atoms with Crippen LogP contribution in [0.25, 0.3) is 0 Å².